The van der Waals surface area contributed by atoms with Gasteiger partial charge in [0.15, 0.2) is 0 Å². The fourth-order valence-corrected chi connectivity index (χ4v) is 0. The highest BCUT2D eigenvalue weighted by molar-refractivity contribution is 4.00. The zero-order valence-corrected chi connectivity index (χ0v) is 5.44. The molecule has 0 atom stereocenters. The predicted octanol–water partition coefficient (Wildman–Crippen LogP) is -0.885. The Bertz CT molecular complexity index is 6.90. The molecule has 0 unspecified atom stereocenters. The first-order valence-electron chi connectivity index (χ1n) is 2.27. The first-order valence-corrected chi connectivity index (χ1v) is 2.27. The Kier molecular flexibility index (Phi) is 408. The van der Waals surface area contributed by atoms with E-state index in [4.69, 9.17) is 5.73 Å². The highest BCUT2D eigenvalue weighted by Gasteiger charge is 1.32. The highest BCUT2D eigenvalue weighted by Crippen LogP contribution is 1.20. The van der Waals surface area contributed by atoms with Crippen molar-refractivity contribution in [3.8, 4) is 0 Å². The van der Waals surface area contributed by atoms with Gasteiger partial charge in [-0.3, -0.25) is 0 Å². The number of nitrogens with two attached hydrogens (primary N) is 3. The van der Waals surface area contributed by atoms with Gasteiger partial charge in [0.25, 0.3) is 0 Å². The van der Waals surface area contributed by atoms with Gasteiger partial charge < -0.3 is 17.2 Å². The van der Waals surface area contributed by atoms with Gasteiger partial charge in [-0.05, 0) is 20.6 Å². The van der Waals surface area contributed by atoms with Gasteiger partial charge in [-0.25, -0.2) is 0 Å². The quantitative estimate of drug-likeness (QED) is 0.376. The smallest absolute Gasteiger partial charge is 0.0106 e. The lowest BCUT2D eigenvalue weighted by molar-refractivity contribution is 1.14. The topological polar surface area (TPSA) is 78.1 Å². The normalized spacial score (nSPS) is 4.29. The molecular formula is C4H17N3. The minimum absolute atomic E-state index is 0.750. The summed E-state index contributed by atoms with van der Waals surface area (Å²) in [7, 11) is 3.00. The van der Waals surface area contributed by atoms with Crippen molar-refractivity contribution in [3.63, 3.8) is 0 Å². The highest BCUT2D eigenvalue weighted by atomic mass is 14.5. The van der Waals surface area contributed by atoms with E-state index < -0.39 is 0 Å². The van der Waals surface area contributed by atoms with E-state index in [2.05, 4.69) is 11.5 Å². The van der Waals surface area contributed by atoms with Crippen LogP contribution in [0, 0.1) is 0 Å². The summed E-state index contributed by atoms with van der Waals surface area (Å²) in [5.41, 5.74) is 13.8. The molecule has 7 heavy (non-hydrogen) atoms. The van der Waals surface area contributed by atoms with Crippen molar-refractivity contribution in [1.29, 1.82) is 0 Å². The maximum Gasteiger partial charge on any atom is -0.0106 e. The van der Waals surface area contributed by atoms with Gasteiger partial charge in [-0.2, -0.15) is 0 Å². The SMILES string of the molecule is CCN.CN.CN. The third kappa shape index (κ3) is 6150. The van der Waals surface area contributed by atoms with Crippen molar-refractivity contribution >= 4 is 0 Å². The van der Waals surface area contributed by atoms with Crippen LogP contribution in [0.4, 0.5) is 0 Å². The molecule has 0 aliphatic rings. The van der Waals surface area contributed by atoms with Gasteiger partial charge in [0.2, 0.25) is 0 Å². The first-order chi connectivity index (χ1) is 3.41. The van der Waals surface area contributed by atoms with Crippen LogP contribution < -0.4 is 17.2 Å². The number of rotatable bonds is 0. The molecule has 0 heterocycles. The van der Waals surface area contributed by atoms with E-state index in [1.54, 1.807) is 0 Å². The van der Waals surface area contributed by atoms with Gasteiger partial charge in [0.1, 0.15) is 0 Å². The lowest BCUT2D eigenvalue weighted by atomic mass is 10.8. The molecular weight excluding hydrogens is 90.1 g/mol. The van der Waals surface area contributed by atoms with Gasteiger partial charge in [0.05, 0.1) is 0 Å². The minimum atomic E-state index is 0.750. The number of hydrogen-bond acceptors (Lipinski definition) is 3. The summed E-state index contributed by atoms with van der Waals surface area (Å²) in [6, 6.07) is 0. The van der Waals surface area contributed by atoms with Crippen molar-refractivity contribution in [2.45, 2.75) is 6.92 Å². The van der Waals surface area contributed by atoms with E-state index in [9.17, 15) is 0 Å². The zero-order valence-electron chi connectivity index (χ0n) is 5.44. The van der Waals surface area contributed by atoms with Gasteiger partial charge >= 0.3 is 0 Å². The molecule has 48 valence electrons. The summed E-state index contributed by atoms with van der Waals surface area (Å²) in [5.74, 6) is 0. The van der Waals surface area contributed by atoms with E-state index >= 15 is 0 Å². The minimum Gasteiger partial charge on any atom is -0.333 e. The molecule has 0 spiro atoms. The van der Waals surface area contributed by atoms with Crippen LogP contribution in [0.15, 0.2) is 0 Å². The van der Waals surface area contributed by atoms with Crippen molar-refractivity contribution in [1.82, 2.24) is 0 Å². The lowest BCUT2D eigenvalue weighted by Crippen LogP contribution is -1.87. The van der Waals surface area contributed by atoms with Crippen LogP contribution in [0.1, 0.15) is 6.92 Å². The first kappa shape index (κ1) is 15.8. The fraction of sp³-hybridized carbons (Fsp3) is 1.00. The van der Waals surface area contributed by atoms with Gasteiger partial charge in [0, 0.05) is 0 Å². The maximum absolute atomic E-state index is 4.85. The fourth-order valence-electron chi connectivity index (χ4n) is 0. The standard InChI is InChI=1S/C2H7N.2CH5N/c1-2-3;2*1-2/h2-3H2,1H3;2*2H2,1H3. The molecule has 3 nitrogen and oxygen atoms in total. The van der Waals surface area contributed by atoms with Crippen LogP contribution in [0.2, 0.25) is 0 Å². The van der Waals surface area contributed by atoms with Crippen LogP contribution in [-0.2, 0) is 0 Å². The Morgan fingerprint density at radius 1 is 1.00 bits per heavy atom. The molecule has 6 N–H and O–H groups in total. The third-order valence-corrected chi connectivity index (χ3v) is 0. The second-order valence-corrected chi connectivity index (χ2v) is 0.408. The Morgan fingerprint density at radius 3 is 1.00 bits per heavy atom. The van der Waals surface area contributed by atoms with Crippen LogP contribution in [-0.4, -0.2) is 20.6 Å². The Morgan fingerprint density at radius 2 is 1.00 bits per heavy atom. The molecule has 0 bridgehead atoms. The van der Waals surface area contributed by atoms with E-state index in [1.807, 2.05) is 6.92 Å². The molecule has 0 aromatic rings. The summed E-state index contributed by atoms with van der Waals surface area (Å²) in [6.07, 6.45) is 0. The van der Waals surface area contributed by atoms with Crippen molar-refractivity contribution in [2.75, 3.05) is 20.6 Å². The van der Waals surface area contributed by atoms with Gasteiger partial charge in [-0.15, -0.1) is 0 Å². The van der Waals surface area contributed by atoms with Crippen molar-refractivity contribution in [3.05, 3.63) is 0 Å². The molecule has 0 aromatic heterocycles. The lowest BCUT2D eigenvalue weighted by Gasteiger charge is -1.53. The van der Waals surface area contributed by atoms with Crippen molar-refractivity contribution < 1.29 is 0 Å². The average Bonchev–Trinajstić information content (AvgIpc) is 1.78. The average molecular weight is 107 g/mol. The maximum atomic E-state index is 4.85. The Balaban J connectivity index is -0.0000000360. The second-order valence-electron chi connectivity index (χ2n) is 0.408. The molecule has 3 heteroatoms. The molecule has 0 radical (unpaired) electrons. The molecule has 0 aromatic carbocycles. The molecule has 0 saturated carbocycles. The summed E-state index contributed by atoms with van der Waals surface area (Å²) < 4.78 is 0. The molecule has 0 aliphatic heterocycles. The Hall–Kier alpha value is -0.120. The molecule has 0 rings (SSSR count). The monoisotopic (exact) mass is 107 g/mol. The van der Waals surface area contributed by atoms with E-state index in [1.165, 1.54) is 14.1 Å². The van der Waals surface area contributed by atoms with E-state index in [0.717, 1.165) is 6.54 Å². The van der Waals surface area contributed by atoms with Crippen LogP contribution in [0.3, 0.4) is 0 Å². The van der Waals surface area contributed by atoms with Crippen LogP contribution in [0.25, 0.3) is 0 Å². The molecule has 0 fully saturated rings. The third-order valence-electron chi connectivity index (χ3n) is 0. The van der Waals surface area contributed by atoms with E-state index in [0.29, 0.717) is 0 Å². The molecule has 0 aliphatic carbocycles. The summed E-state index contributed by atoms with van der Waals surface area (Å²) in [4.78, 5) is 0. The van der Waals surface area contributed by atoms with Crippen LogP contribution in [0.5, 0.6) is 0 Å². The van der Waals surface area contributed by atoms with E-state index in [-0.39, 0.29) is 0 Å². The largest absolute Gasteiger partial charge is 0.333 e. The Labute approximate surface area is 45.9 Å². The summed E-state index contributed by atoms with van der Waals surface area (Å²) in [5, 5.41) is 0. The summed E-state index contributed by atoms with van der Waals surface area (Å²) >= 11 is 0. The zero-order chi connectivity index (χ0) is 6.71. The molecule has 0 saturated heterocycles. The second kappa shape index (κ2) is 181. The summed E-state index contributed by atoms with van der Waals surface area (Å²) in [6.45, 7) is 2.65. The molecule has 0 amide bonds. The van der Waals surface area contributed by atoms with Crippen LogP contribution >= 0.6 is 0 Å². The van der Waals surface area contributed by atoms with Crippen molar-refractivity contribution in [2.24, 2.45) is 17.2 Å². The number of hydrogen-bond donors (Lipinski definition) is 3. The van der Waals surface area contributed by atoms with Gasteiger partial charge in [-0.1, -0.05) is 6.92 Å². The predicted molar refractivity (Wildman–Crippen MR) is 35.0 cm³/mol.